The molecular formula is C20H34N2S2. The van der Waals surface area contributed by atoms with Crippen LogP contribution in [0.25, 0.3) is 0 Å². The van der Waals surface area contributed by atoms with Gasteiger partial charge in [0.05, 0.1) is 10.9 Å². The molecule has 0 aromatic rings. The highest BCUT2D eigenvalue weighted by Crippen LogP contribution is 2.34. The second-order valence-electron chi connectivity index (χ2n) is 7.39. The first-order valence-corrected chi connectivity index (χ1v) is 10.7. The van der Waals surface area contributed by atoms with Crippen LogP contribution in [0.1, 0.15) is 78.1 Å². The summed E-state index contributed by atoms with van der Waals surface area (Å²) in [6.07, 6.45) is 13.4. The van der Waals surface area contributed by atoms with Crippen molar-refractivity contribution in [2.75, 3.05) is 0 Å². The lowest BCUT2D eigenvalue weighted by Crippen LogP contribution is -2.47. The molecule has 0 aliphatic heterocycles. The van der Waals surface area contributed by atoms with Crippen molar-refractivity contribution < 1.29 is 0 Å². The van der Waals surface area contributed by atoms with Crippen molar-refractivity contribution in [2.24, 2.45) is 0 Å². The van der Waals surface area contributed by atoms with Crippen molar-refractivity contribution in [2.45, 2.75) is 90.1 Å². The molecule has 0 unspecified atom stereocenters. The summed E-state index contributed by atoms with van der Waals surface area (Å²) in [7, 11) is 0. The number of rotatable bonds is 7. The van der Waals surface area contributed by atoms with Gasteiger partial charge in [-0.3, -0.25) is 0 Å². The summed E-state index contributed by atoms with van der Waals surface area (Å²) < 4.78 is 1.02. The average molecular weight is 367 g/mol. The Balaban J connectivity index is 2.03. The van der Waals surface area contributed by atoms with Crippen LogP contribution in [0, 0.1) is 0 Å². The molecule has 0 heterocycles. The van der Waals surface area contributed by atoms with Crippen LogP contribution >= 0.6 is 24.4 Å². The summed E-state index contributed by atoms with van der Waals surface area (Å²) in [5, 5.41) is 4.40. The third-order valence-corrected chi connectivity index (χ3v) is 6.85. The molecular weight excluding hydrogens is 332 g/mol. The lowest BCUT2D eigenvalue weighted by Gasteiger charge is -2.44. The van der Waals surface area contributed by atoms with E-state index in [1.165, 1.54) is 69.8 Å². The Hall–Kier alpha value is -0.480. The van der Waals surface area contributed by atoms with Gasteiger partial charge in [0, 0.05) is 16.3 Å². The molecule has 2 aliphatic rings. The highest BCUT2D eigenvalue weighted by Gasteiger charge is 2.29. The van der Waals surface area contributed by atoms with Gasteiger partial charge >= 0.3 is 0 Å². The van der Waals surface area contributed by atoms with Crippen LogP contribution in [0.2, 0.25) is 0 Å². The molecule has 2 aliphatic carbocycles. The topological polar surface area (TPSA) is 15.3 Å². The molecule has 24 heavy (non-hydrogen) atoms. The number of nitrogens with zero attached hydrogens (tertiary/aromatic N) is 1. The Morgan fingerprint density at radius 2 is 1.38 bits per heavy atom. The van der Waals surface area contributed by atoms with Crippen LogP contribution in [0.4, 0.5) is 0 Å². The fourth-order valence-corrected chi connectivity index (χ4v) is 4.86. The number of nitrogens with one attached hydrogen (secondary N) is 1. The largest absolute Gasteiger partial charge is 0.353 e. The summed E-state index contributed by atoms with van der Waals surface area (Å²) in [6.45, 7) is 12.7. The zero-order valence-electron chi connectivity index (χ0n) is 15.4. The Labute approximate surface area is 158 Å². The van der Waals surface area contributed by atoms with Gasteiger partial charge in [-0.05, 0) is 39.5 Å². The van der Waals surface area contributed by atoms with Crippen LogP contribution < -0.4 is 5.32 Å². The molecule has 0 bridgehead atoms. The second kappa shape index (κ2) is 9.86. The minimum Gasteiger partial charge on any atom is -0.353 e. The van der Waals surface area contributed by atoms with Gasteiger partial charge in [-0.2, -0.15) is 0 Å². The minimum absolute atomic E-state index is 0.651. The lowest BCUT2D eigenvalue weighted by molar-refractivity contribution is 0.113. The fraction of sp³-hybridized carbons (Fsp3) is 0.700. The van der Waals surface area contributed by atoms with Crippen molar-refractivity contribution >= 4 is 24.4 Å². The summed E-state index contributed by atoms with van der Waals surface area (Å²) in [5.41, 5.74) is 1.22. The maximum absolute atomic E-state index is 4.54. The first kappa shape index (κ1) is 19.8. The van der Waals surface area contributed by atoms with E-state index < -0.39 is 0 Å². The average Bonchev–Trinajstić information content (AvgIpc) is 2.56. The Bertz CT molecular complexity index is 450. The maximum Gasteiger partial charge on any atom is 0.0992 e. The van der Waals surface area contributed by atoms with E-state index >= 15 is 0 Å². The standard InChI is InChI=1S/C20H34N2S2/c1-15(2)20(23)24-17(4)21-16(3)22(18-11-7-5-8-12-18)19-13-9-6-10-14-19/h18-19,21,23H,3-14H2,1-2H3. The van der Waals surface area contributed by atoms with E-state index in [0.29, 0.717) is 12.1 Å². The molecule has 0 aromatic carbocycles. The first-order chi connectivity index (χ1) is 11.5. The third kappa shape index (κ3) is 5.80. The van der Waals surface area contributed by atoms with Gasteiger partial charge in [0.25, 0.3) is 0 Å². The molecule has 2 fully saturated rings. The van der Waals surface area contributed by atoms with Crippen molar-refractivity contribution in [1.82, 2.24) is 10.2 Å². The van der Waals surface area contributed by atoms with E-state index in [9.17, 15) is 0 Å². The molecule has 2 rings (SSSR count). The van der Waals surface area contributed by atoms with Crippen LogP contribution in [-0.2, 0) is 0 Å². The SMILES string of the molecule is C=C(NC(=C)N(C1CCCCC1)C1CCCCC1)SC(S)=C(C)C. The molecule has 0 amide bonds. The van der Waals surface area contributed by atoms with Gasteiger partial charge in [-0.25, -0.2) is 0 Å². The summed E-state index contributed by atoms with van der Waals surface area (Å²) in [5.74, 6) is 1.04. The smallest absolute Gasteiger partial charge is 0.0992 e. The van der Waals surface area contributed by atoms with E-state index in [0.717, 1.165) is 15.1 Å². The van der Waals surface area contributed by atoms with Crippen LogP contribution in [0.15, 0.2) is 33.8 Å². The van der Waals surface area contributed by atoms with Gasteiger partial charge < -0.3 is 10.2 Å². The zero-order chi connectivity index (χ0) is 17.5. The monoisotopic (exact) mass is 366 g/mol. The fourth-order valence-electron chi connectivity index (χ4n) is 3.93. The zero-order valence-corrected chi connectivity index (χ0v) is 17.2. The Morgan fingerprint density at radius 1 is 0.917 bits per heavy atom. The highest BCUT2D eigenvalue weighted by molar-refractivity contribution is 8.17. The second-order valence-corrected chi connectivity index (χ2v) is 9.25. The van der Waals surface area contributed by atoms with Crippen molar-refractivity contribution in [3.8, 4) is 0 Å². The van der Waals surface area contributed by atoms with Gasteiger partial charge in [-0.1, -0.05) is 69.0 Å². The Kier molecular flexibility index (Phi) is 8.15. The highest BCUT2D eigenvalue weighted by atomic mass is 32.2. The molecule has 136 valence electrons. The van der Waals surface area contributed by atoms with Crippen molar-refractivity contribution in [3.05, 3.63) is 33.8 Å². The normalized spacial score (nSPS) is 19.6. The van der Waals surface area contributed by atoms with Crippen LogP contribution in [0.3, 0.4) is 0 Å². The predicted octanol–water partition coefficient (Wildman–Crippen LogP) is 6.40. The van der Waals surface area contributed by atoms with Crippen LogP contribution in [0.5, 0.6) is 0 Å². The molecule has 2 saturated carbocycles. The van der Waals surface area contributed by atoms with E-state index in [-0.39, 0.29) is 0 Å². The number of thiol groups is 1. The van der Waals surface area contributed by atoms with E-state index in [4.69, 9.17) is 0 Å². The molecule has 0 aromatic heterocycles. The lowest BCUT2D eigenvalue weighted by atomic mass is 9.88. The van der Waals surface area contributed by atoms with E-state index in [1.807, 2.05) is 0 Å². The maximum atomic E-state index is 4.54. The van der Waals surface area contributed by atoms with Gasteiger partial charge in [0.1, 0.15) is 0 Å². The van der Waals surface area contributed by atoms with E-state index in [1.54, 1.807) is 11.8 Å². The number of hydrogen-bond acceptors (Lipinski definition) is 4. The molecule has 0 spiro atoms. The van der Waals surface area contributed by atoms with Crippen molar-refractivity contribution in [3.63, 3.8) is 0 Å². The summed E-state index contributed by atoms with van der Waals surface area (Å²) in [4.78, 5) is 2.62. The quantitative estimate of drug-likeness (QED) is 0.507. The van der Waals surface area contributed by atoms with Gasteiger partial charge in [-0.15, -0.1) is 12.6 Å². The number of allylic oxidation sites excluding steroid dienone is 1. The van der Waals surface area contributed by atoms with Crippen molar-refractivity contribution in [1.29, 1.82) is 0 Å². The third-order valence-electron chi connectivity index (χ3n) is 5.18. The van der Waals surface area contributed by atoms with Gasteiger partial charge in [0.2, 0.25) is 0 Å². The molecule has 0 atom stereocenters. The molecule has 2 nitrogen and oxygen atoms in total. The molecule has 0 saturated heterocycles. The number of thioether (sulfide) groups is 1. The number of hydrogen-bond donors (Lipinski definition) is 2. The summed E-state index contributed by atoms with van der Waals surface area (Å²) in [6, 6.07) is 1.30. The predicted molar refractivity (Wildman–Crippen MR) is 112 cm³/mol. The molecule has 4 heteroatoms. The Morgan fingerprint density at radius 3 is 1.79 bits per heavy atom. The molecule has 1 N–H and O–H groups in total. The van der Waals surface area contributed by atoms with Gasteiger partial charge in [0.15, 0.2) is 0 Å². The van der Waals surface area contributed by atoms with E-state index in [2.05, 4.69) is 49.9 Å². The molecule has 0 radical (unpaired) electrons. The first-order valence-electron chi connectivity index (χ1n) is 9.46. The van der Waals surface area contributed by atoms with Crippen LogP contribution in [-0.4, -0.2) is 17.0 Å². The summed E-state index contributed by atoms with van der Waals surface area (Å²) >= 11 is 6.14. The minimum atomic E-state index is 0.651.